The number of aliphatic hydroxyl groups excluding tert-OH is 2. The van der Waals surface area contributed by atoms with Gasteiger partial charge in [0, 0.05) is 18.5 Å². The smallest absolute Gasteiger partial charge is 0.156 e. The van der Waals surface area contributed by atoms with E-state index in [0.717, 1.165) is 0 Å². The maximum atomic E-state index is 9.71. The fraction of sp³-hybridized carbons (Fsp3) is 1.00. The van der Waals surface area contributed by atoms with Gasteiger partial charge in [0.15, 0.2) is 6.29 Å². The van der Waals surface area contributed by atoms with Gasteiger partial charge < -0.3 is 20.3 Å². The van der Waals surface area contributed by atoms with Crippen molar-refractivity contribution in [3.05, 3.63) is 0 Å². The Hall–Kier alpha value is -0.160. The minimum atomic E-state index is -0.755. The molecule has 78 valence electrons. The van der Waals surface area contributed by atoms with Gasteiger partial charge in [-0.3, -0.25) is 0 Å². The first kappa shape index (κ1) is 10.9. The normalized spacial score (nSPS) is 41.1. The molecule has 0 aromatic heterocycles. The summed E-state index contributed by atoms with van der Waals surface area (Å²) in [6, 6.07) is 0.232. The zero-order valence-electron chi connectivity index (χ0n) is 8.40. The van der Waals surface area contributed by atoms with E-state index in [1.807, 2.05) is 13.8 Å². The molecule has 13 heavy (non-hydrogen) atoms. The van der Waals surface area contributed by atoms with Crippen LogP contribution in [0.25, 0.3) is 0 Å². The molecule has 1 aliphatic heterocycles. The van der Waals surface area contributed by atoms with Gasteiger partial charge in [-0.05, 0) is 6.92 Å². The Kier molecular flexibility index (Phi) is 3.67. The number of hydrogen-bond acceptors (Lipinski definition) is 4. The molecule has 0 amide bonds. The summed E-state index contributed by atoms with van der Waals surface area (Å²) >= 11 is 0. The van der Waals surface area contributed by atoms with Crippen molar-refractivity contribution in [2.45, 2.75) is 57.8 Å². The fourth-order valence-electron chi connectivity index (χ4n) is 1.66. The van der Waals surface area contributed by atoms with Crippen molar-refractivity contribution in [2.24, 2.45) is 0 Å². The van der Waals surface area contributed by atoms with Crippen molar-refractivity contribution < 1.29 is 14.9 Å². The van der Waals surface area contributed by atoms with Crippen LogP contribution in [0.5, 0.6) is 0 Å². The summed E-state index contributed by atoms with van der Waals surface area (Å²) in [7, 11) is 0. The molecule has 1 heterocycles. The van der Waals surface area contributed by atoms with Crippen molar-refractivity contribution >= 4 is 0 Å². The highest BCUT2D eigenvalue weighted by Gasteiger charge is 2.34. The van der Waals surface area contributed by atoms with E-state index in [1.54, 1.807) is 6.92 Å². The van der Waals surface area contributed by atoms with Gasteiger partial charge in [0.1, 0.15) is 0 Å². The van der Waals surface area contributed by atoms with Crippen LogP contribution in [0.3, 0.4) is 0 Å². The molecule has 0 bridgehead atoms. The van der Waals surface area contributed by atoms with Gasteiger partial charge >= 0.3 is 0 Å². The summed E-state index contributed by atoms with van der Waals surface area (Å²) < 4.78 is 5.08. The van der Waals surface area contributed by atoms with E-state index in [1.165, 1.54) is 0 Å². The molecule has 3 N–H and O–H groups in total. The third-order valence-corrected chi connectivity index (χ3v) is 2.27. The SMILES string of the molecule is CC(C)N[C@@H]1C[C@H](O)O[C@@H](C)C1O. The second kappa shape index (κ2) is 4.37. The Morgan fingerprint density at radius 3 is 2.54 bits per heavy atom. The van der Waals surface area contributed by atoms with E-state index < -0.39 is 12.4 Å². The average molecular weight is 189 g/mol. The zero-order chi connectivity index (χ0) is 10.0. The first-order valence-electron chi connectivity index (χ1n) is 4.78. The Morgan fingerprint density at radius 2 is 2.00 bits per heavy atom. The number of hydrogen-bond donors (Lipinski definition) is 3. The highest BCUT2D eigenvalue weighted by molar-refractivity contribution is 4.86. The predicted octanol–water partition coefficient (Wildman–Crippen LogP) is -0.159. The van der Waals surface area contributed by atoms with Gasteiger partial charge in [-0.2, -0.15) is 0 Å². The quantitative estimate of drug-likeness (QED) is 0.565. The van der Waals surface area contributed by atoms with Gasteiger partial charge in [-0.25, -0.2) is 0 Å². The number of ether oxygens (including phenoxy) is 1. The molecule has 0 spiro atoms. The molecule has 0 aromatic rings. The molecule has 4 atom stereocenters. The largest absolute Gasteiger partial charge is 0.389 e. The summed E-state index contributed by atoms with van der Waals surface area (Å²) in [5.74, 6) is 0. The lowest BCUT2D eigenvalue weighted by Gasteiger charge is -2.37. The van der Waals surface area contributed by atoms with Crippen molar-refractivity contribution in [1.29, 1.82) is 0 Å². The van der Waals surface area contributed by atoms with E-state index in [9.17, 15) is 10.2 Å². The van der Waals surface area contributed by atoms with E-state index in [0.29, 0.717) is 12.5 Å². The number of rotatable bonds is 2. The molecule has 0 saturated carbocycles. The molecule has 1 unspecified atom stereocenters. The van der Waals surface area contributed by atoms with E-state index in [-0.39, 0.29) is 12.1 Å². The number of nitrogens with one attached hydrogen (secondary N) is 1. The molecule has 4 heteroatoms. The van der Waals surface area contributed by atoms with Gasteiger partial charge in [0.05, 0.1) is 12.2 Å². The molecular weight excluding hydrogens is 170 g/mol. The van der Waals surface area contributed by atoms with Crippen LogP contribution < -0.4 is 5.32 Å². The van der Waals surface area contributed by atoms with E-state index in [2.05, 4.69) is 5.32 Å². The van der Waals surface area contributed by atoms with Crippen LogP contribution in [0.1, 0.15) is 27.2 Å². The molecule has 0 aromatic carbocycles. The van der Waals surface area contributed by atoms with Crippen molar-refractivity contribution in [3.8, 4) is 0 Å². The van der Waals surface area contributed by atoms with Gasteiger partial charge in [0.25, 0.3) is 0 Å². The minimum Gasteiger partial charge on any atom is -0.389 e. The lowest BCUT2D eigenvalue weighted by atomic mass is 9.99. The van der Waals surface area contributed by atoms with E-state index in [4.69, 9.17) is 4.74 Å². The van der Waals surface area contributed by atoms with Crippen LogP contribution in [-0.2, 0) is 4.74 Å². The molecule has 4 nitrogen and oxygen atoms in total. The van der Waals surface area contributed by atoms with Crippen molar-refractivity contribution in [2.75, 3.05) is 0 Å². The summed E-state index contributed by atoms with van der Waals surface area (Å²) in [6.07, 6.45) is -1.15. The van der Waals surface area contributed by atoms with Gasteiger partial charge in [0.2, 0.25) is 0 Å². The maximum absolute atomic E-state index is 9.71. The summed E-state index contributed by atoms with van der Waals surface area (Å²) in [4.78, 5) is 0. The summed E-state index contributed by atoms with van der Waals surface area (Å²) in [5, 5.41) is 22.2. The maximum Gasteiger partial charge on any atom is 0.156 e. The van der Waals surface area contributed by atoms with Crippen LogP contribution >= 0.6 is 0 Å². The first-order valence-corrected chi connectivity index (χ1v) is 4.78. The Labute approximate surface area is 78.9 Å². The Morgan fingerprint density at radius 1 is 1.38 bits per heavy atom. The fourth-order valence-corrected chi connectivity index (χ4v) is 1.66. The molecule has 1 fully saturated rings. The number of aliphatic hydroxyl groups is 2. The topological polar surface area (TPSA) is 61.7 Å². The van der Waals surface area contributed by atoms with Gasteiger partial charge in [-0.1, -0.05) is 13.8 Å². The molecule has 1 aliphatic rings. The van der Waals surface area contributed by atoms with Crippen LogP contribution in [0.4, 0.5) is 0 Å². The highest BCUT2D eigenvalue weighted by atomic mass is 16.6. The molecule has 1 rings (SSSR count). The molecule has 0 radical (unpaired) electrons. The lowest BCUT2D eigenvalue weighted by Crippen LogP contribution is -2.54. The minimum absolute atomic E-state index is 0.0706. The van der Waals surface area contributed by atoms with Crippen LogP contribution in [0.15, 0.2) is 0 Å². The second-order valence-electron chi connectivity index (χ2n) is 3.95. The lowest BCUT2D eigenvalue weighted by molar-refractivity contribution is -0.203. The van der Waals surface area contributed by atoms with Crippen LogP contribution in [-0.4, -0.2) is 40.8 Å². The molecule has 0 aliphatic carbocycles. The Bertz CT molecular complexity index is 161. The van der Waals surface area contributed by atoms with Crippen LogP contribution in [0, 0.1) is 0 Å². The standard InChI is InChI=1S/C9H19NO3/c1-5(2)10-7-4-8(11)13-6(3)9(7)12/h5-12H,4H2,1-3H3/t6-,7+,8+,9?/m0/s1. The zero-order valence-corrected chi connectivity index (χ0v) is 8.40. The predicted molar refractivity (Wildman–Crippen MR) is 49.2 cm³/mol. The molecule has 1 saturated heterocycles. The highest BCUT2D eigenvalue weighted by Crippen LogP contribution is 2.18. The Balaban J connectivity index is 2.50. The van der Waals surface area contributed by atoms with Crippen molar-refractivity contribution in [1.82, 2.24) is 5.32 Å². The van der Waals surface area contributed by atoms with Crippen molar-refractivity contribution in [3.63, 3.8) is 0 Å². The molecular formula is C9H19NO3. The monoisotopic (exact) mass is 189 g/mol. The van der Waals surface area contributed by atoms with Crippen LogP contribution in [0.2, 0.25) is 0 Å². The average Bonchev–Trinajstić information content (AvgIpc) is 1.98. The second-order valence-corrected chi connectivity index (χ2v) is 3.95. The van der Waals surface area contributed by atoms with E-state index >= 15 is 0 Å². The third kappa shape index (κ3) is 2.91. The first-order chi connectivity index (χ1) is 6.00. The third-order valence-electron chi connectivity index (χ3n) is 2.27. The summed E-state index contributed by atoms with van der Waals surface area (Å²) in [6.45, 7) is 5.79. The van der Waals surface area contributed by atoms with Gasteiger partial charge in [-0.15, -0.1) is 0 Å². The summed E-state index contributed by atoms with van der Waals surface area (Å²) in [5.41, 5.74) is 0.